The van der Waals surface area contributed by atoms with Crippen molar-refractivity contribution in [1.82, 2.24) is 4.98 Å². The van der Waals surface area contributed by atoms with Crippen LogP contribution >= 0.6 is 0 Å². The van der Waals surface area contributed by atoms with Gasteiger partial charge in [-0.1, -0.05) is 13.8 Å². The van der Waals surface area contributed by atoms with Crippen LogP contribution in [0.15, 0.2) is 36.5 Å². The zero-order valence-corrected chi connectivity index (χ0v) is 9.37. The van der Waals surface area contributed by atoms with E-state index in [1.807, 2.05) is 6.07 Å². The molecule has 1 radical (unpaired) electrons. The summed E-state index contributed by atoms with van der Waals surface area (Å²) in [4.78, 5) is 4.24. The standard InChI is InChI=1S/C14H13FN/c1-10(2)12-7-8-16-14(9-12)11-3-5-13(15)6-4-11/h3-8,10H,1-2H3. The van der Waals surface area contributed by atoms with Crippen LogP contribution in [0.2, 0.25) is 0 Å². The van der Waals surface area contributed by atoms with Crippen LogP contribution in [0.5, 0.6) is 0 Å². The summed E-state index contributed by atoms with van der Waals surface area (Å²) in [6.45, 7) is 4.22. The predicted octanol–water partition coefficient (Wildman–Crippen LogP) is 3.81. The number of hydrogen-bond donors (Lipinski definition) is 0. The predicted molar refractivity (Wildman–Crippen MR) is 62.6 cm³/mol. The van der Waals surface area contributed by atoms with Gasteiger partial charge < -0.3 is 0 Å². The van der Waals surface area contributed by atoms with Crippen LogP contribution in [0.4, 0.5) is 4.39 Å². The van der Waals surface area contributed by atoms with E-state index in [-0.39, 0.29) is 5.82 Å². The molecule has 16 heavy (non-hydrogen) atoms. The van der Waals surface area contributed by atoms with Crippen LogP contribution in [-0.2, 0) is 0 Å². The van der Waals surface area contributed by atoms with Gasteiger partial charge in [-0.2, -0.15) is 0 Å². The summed E-state index contributed by atoms with van der Waals surface area (Å²) < 4.78 is 12.8. The van der Waals surface area contributed by atoms with Gasteiger partial charge in [0.15, 0.2) is 0 Å². The van der Waals surface area contributed by atoms with Crippen LogP contribution in [0.3, 0.4) is 0 Å². The molecule has 0 unspecified atom stereocenters. The van der Waals surface area contributed by atoms with Gasteiger partial charge in [0.05, 0.1) is 5.69 Å². The molecule has 0 amide bonds. The average Bonchev–Trinajstić information content (AvgIpc) is 2.30. The highest BCUT2D eigenvalue weighted by Crippen LogP contribution is 2.21. The first-order valence-electron chi connectivity index (χ1n) is 5.31. The molecule has 2 rings (SSSR count). The molecule has 0 bridgehead atoms. The number of rotatable bonds is 2. The fourth-order valence-electron chi connectivity index (χ4n) is 1.49. The van der Waals surface area contributed by atoms with Crippen LogP contribution in [-0.4, -0.2) is 4.98 Å². The molecule has 0 aliphatic heterocycles. The highest BCUT2D eigenvalue weighted by atomic mass is 19.1. The lowest BCUT2D eigenvalue weighted by Crippen LogP contribution is -1.91. The summed E-state index contributed by atoms with van der Waals surface area (Å²) >= 11 is 0. The molecule has 0 spiro atoms. The fraction of sp³-hybridized carbons (Fsp3) is 0.214. The second-order valence-corrected chi connectivity index (χ2v) is 4.04. The fourth-order valence-corrected chi connectivity index (χ4v) is 1.49. The zero-order chi connectivity index (χ0) is 11.5. The van der Waals surface area contributed by atoms with Crippen molar-refractivity contribution in [2.45, 2.75) is 19.8 Å². The number of benzene rings is 1. The molecule has 81 valence electrons. The van der Waals surface area contributed by atoms with Crippen molar-refractivity contribution in [3.63, 3.8) is 0 Å². The number of pyridine rings is 1. The molecule has 0 N–H and O–H groups in total. The Kier molecular flexibility index (Phi) is 3.00. The van der Waals surface area contributed by atoms with Gasteiger partial charge in [0.25, 0.3) is 0 Å². The Bertz CT molecular complexity index is 474. The Morgan fingerprint density at radius 2 is 1.81 bits per heavy atom. The highest BCUT2D eigenvalue weighted by Gasteiger charge is 2.04. The quantitative estimate of drug-likeness (QED) is 0.740. The molecule has 1 aromatic heterocycles. The third-order valence-corrected chi connectivity index (χ3v) is 2.46. The molecule has 0 aliphatic rings. The van der Waals surface area contributed by atoms with Crippen molar-refractivity contribution in [3.8, 4) is 11.3 Å². The monoisotopic (exact) mass is 214 g/mol. The van der Waals surface area contributed by atoms with Crippen molar-refractivity contribution in [1.29, 1.82) is 0 Å². The molecule has 0 saturated heterocycles. The molecular weight excluding hydrogens is 201 g/mol. The minimum Gasteiger partial charge on any atom is -0.256 e. The molecule has 0 atom stereocenters. The van der Waals surface area contributed by atoms with Gasteiger partial charge in [-0.05, 0) is 41.8 Å². The lowest BCUT2D eigenvalue weighted by atomic mass is 10.0. The van der Waals surface area contributed by atoms with E-state index in [9.17, 15) is 4.39 Å². The minimum absolute atomic E-state index is 0.233. The Morgan fingerprint density at radius 3 is 2.44 bits per heavy atom. The molecule has 2 heteroatoms. The largest absolute Gasteiger partial charge is 0.256 e. The Morgan fingerprint density at radius 1 is 1.12 bits per heavy atom. The van der Waals surface area contributed by atoms with Crippen molar-refractivity contribution in [2.24, 2.45) is 0 Å². The van der Waals surface area contributed by atoms with E-state index >= 15 is 0 Å². The first-order chi connectivity index (χ1) is 7.66. The maximum atomic E-state index is 12.8. The smallest absolute Gasteiger partial charge is 0.123 e. The van der Waals surface area contributed by atoms with E-state index in [1.54, 1.807) is 18.3 Å². The van der Waals surface area contributed by atoms with Crippen LogP contribution < -0.4 is 0 Å². The SMILES string of the molecule is CC(C)c1[c]c(-c2ccc(F)cc2)ncc1. The van der Waals surface area contributed by atoms with Crippen molar-refractivity contribution in [3.05, 3.63) is 54.0 Å². The summed E-state index contributed by atoms with van der Waals surface area (Å²) in [5.41, 5.74) is 2.78. The first-order valence-corrected chi connectivity index (χ1v) is 5.31. The van der Waals surface area contributed by atoms with Crippen LogP contribution in [0, 0.1) is 11.9 Å². The summed E-state index contributed by atoms with van der Waals surface area (Å²) in [5, 5.41) is 0. The first kappa shape index (κ1) is 10.8. The molecule has 0 saturated carbocycles. The average molecular weight is 214 g/mol. The third-order valence-electron chi connectivity index (χ3n) is 2.46. The van der Waals surface area contributed by atoms with E-state index in [0.29, 0.717) is 5.92 Å². The maximum absolute atomic E-state index is 12.8. The van der Waals surface area contributed by atoms with E-state index in [0.717, 1.165) is 16.8 Å². The summed E-state index contributed by atoms with van der Waals surface area (Å²) in [6.07, 6.45) is 1.77. The second kappa shape index (κ2) is 4.44. The van der Waals surface area contributed by atoms with E-state index in [4.69, 9.17) is 0 Å². The van der Waals surface area contributed by atoms with Gasteiger partial charge in [0.2, 0.25) is 0 Å². The molecule has 1 heterocycles. The highest BCUT2D eigenvalue weighted by molar-refractivity contribution is 5.58. The Balaban J connectivity index is 2.40. The van der Waals surface area contributed by atoms with Gasteiger partial charge in [0.1, 0.15) is 5.82 Å². The van der Waals surface area contributed by atoms with Crippen LogP contribution in [0.1, 0.15) is 25.3 Å². The van der Waals surface area contributed by atoms with Crippen molar-refractivity contribution in [2.75, 3.05) is 0 Å². The summed E-state index contributed by atoms with van der Waals surface area (Å²) in [6, 6.07) is 11.5. The minimum atomic E-state index is -0.233. The van der Waals surface area contributed by atoms with Crippen molar-refractivity contribution >= 4 is 0 Å². The van der Waals surface area contributed by atoms with E-state index in [1.165, 1.54) is 12.1 Å². The van der Waals surface area contributed by atoms with Gasteiger partial charge in [-0.15, -0.1) is 0 Å². The number of hydrogen-bond acceptors (Lipinski definition) is 1. The third kappa shape index (κ3) is 2.27. The maximum Gasteiger partial charge on any atom is 0.123 e. The van der Waals surface area contributed by atoms with Crippen LogP contribution in [0.25, 0.3) is 11.3 Å². The molecule has 2 aromatic rings. The number of nitrogens with zero attached hydrogens (tertiary/aromatic N) is 1. The van der Waals surface area contributed by atoms with E-state index < -0.39 is 0 Å². The molecular formula is C14H13FN. The summed E-state index contributed by atoms with van der Waals surface area (Å²) in [7, 11) is 0. The molecule has 0 aliphatic carbocycles. The molecule has 0 fully saturated rings. The number of aromatic nitrogens is 1. The molecule has 1 aromatic carbocycles. The topological polar surface area (TPSA) is 12.9 Å². The lowest BCUT2D eigenvalue weighted by Gasteiger charge is -2.06. The van der Waals surface area contributed by atoms with Crippen molar-refractivity contribution < 1.29 is 4.39 Å². The number of halogens is 1. The molecule has 1 nitrogen and oxygen atoms in total. The Hall–Kier alpha value is -1.70. The summed E-state index contributed by atoms with van der Waals surface area (Å²) in [5.74, 6) is 0.186. The van der Waals surface area contributed by atoms with Gasteiger partial charge in [-0.3, -0.25) is 4.98 Å². The van der Waals surface area contributed by atoms with E-state index in [2.05, 4.69) is 24.9 Å². The van der Waals surface area contributed by atoms with Gasteiger partial charge in [-0.25, -0.2) is 4.39 Å². The van der Waals surface area contributed by atoms with Gasteiger partial charge in [0, 0.05) is 17.8 Å². The zero-order valence-electron chi connectivity index (χ0n) is 9.37. The second-order valence-electron chi connectivity index (χ2n) is 4.04. The lowest BCUT2D eigenvalue weighted by molar-refractivity contribution is 0.628. The normalized spacial score (nSPS) is 10.8. The Labute approximate surface area is 95.0 Å². The van der Waals surface area contributed by atoms with Gasteiger partial charge >= 0.3 is 0 Å².